The summed E-state index contributed by atoms with van der Waals surface area (Å²) in [5.74, 6) is 2.17. The molecule has 0 radical (unpaired) electrons. The van der Waals surface area contributed by atoms with E-state index in [0.29, 0.717) is 30.0 Å². The second kappa shape index (κ2) is 9.00. The molecule has 1 heterocycles. The summed E-state index contributed by atoms with van der Waals surface area (Å²) in [7, 11) is 4.89. The van der Waals surface area contributed by atoms with Crippen molar-refractivity contribution in [2.45, 2.75) is 12.6 Å². The molecule has 3 aromatic carbocycles. The molecule has 1 aliphatic heterocycles. The van der Waals surface area contributed by atoms with E-state index in [-0.39, 0.29) is 12.1 Å². The molecule has 3 aromatic rings. The van der Waals surface area contributed by atoms with Crippen molar-refractivity contribution in [2.75, 3.05) is 33.2 Å². The van der Waals surface area contributed by atoms with Gasteiger partial charge in [0, 0.05) is 23.9 Å². The molecule has 6 nitrogen and oxygen atoms in total. The van der Waals surface area contributed by atoms with E-state index in [9.17, 15) is 4.79 Å². The second-order valence-corrected chi connectivity index (χ2v) is 7.30. The van der Waals surface area contributed by atoms with Crippen LogP contribution in [-0.2, 0) is 6.42 Å². The van der Waals surface area contributed by atoms with Crippen LogP contribution in [0, 0.1) is 0 Å². The Morgan fingerprint density at radius 2 is 1.58 bits per heavy atom. The summed E-state index contributed by atoms with van der Waals surface area (Å²) in [4.78, 5) is 15.3. The van der Waals surface area contributed by atoms with Crippen molar-refractivity contribution >= 4 is 11.6 Å². The highest BCUT2D eigenvalue weighted by molar-refractivity contribution is 6.01. The first-order valence-electron chi connectivity index (χ1n) is 10.2. The molecule has 0 aromatic heterocycles. The highest BCUT2D eigenvalue weighted by atomic mass is 16.5. The van der Waals surface area contributed by atoms with Gasteiger partial charge in [0.1, 0.15) is 23.4 Å². The summed E-state index contributed by atoms with van der Waals surface area (Å²) in [6.07, 6.45) is 0.357. The Labute approximate surface area is 182 Å². The normalized spacial score (nSPS) is 15.1. The maximum Gasteiger partial charge on any atom is 0.257 e. The lowest BCUT2D eigenvalue weighted by Gasteiger charge is -2.38. The first-order valence-corrected chi connectivity index (χ1v) is 10.2. The number of nitrogens with one attached hydrogen (secondary N) is 1. The van der Waals surface area contributed by atoms with E-state index in [1.54, 1.807) is 21.3 Å². The summed E-state index contributed by atoms with van der Waals surface area (Å²) in [5.41, 5.74) is 3.49. The molecule has 6 heteroatoms. The number of hydrogen-bond donors (Lipinski definition) is 1. The van der Waals surface area contributed by atoms with Crippen LogP contribution in [0.4, 0.5) is 5.69 Å². The Hall–Kier alpha value is -3.67. The minimum absolute atomic E-state index is 0.00858. The predicted octanol–water partition coefficient (Wildman–Crippen LogP) is 4.52. The van der Waals surface area contributed by atoms with Crippen molar-refractivity contribution in [1.29, 1.82) is 0 Å². The summed E-state index contributed by atoms with van der Waals surface area (Å²) in [5, 5.41) is 3.52. The second-order valence-electron chi connectivity index (χ2n) is 7.30. The number of carbonyl (C=O) groups excluding carboxylic acids is 1. The fourth-order valence-corrected chi connectivity index (χ4v) is 3.86. The molecule has 0 saturated carbocycles. The Kier molecular flexibility index (Phi) is 5.98. The Morgan fingerprint density at radius 1 is 0.871 bits per heavy atom. The van der Waals surface area contributed by atoms with Gasteiger partial charge in [-0.25, -0.2) is 0 Å². The lowest BCUT2D eigenvalue weighted by molar-refractivity contribution is 0.0683. The third-order valence-electron chi connectivity index (χ3n) is 5.56. The average molecular weight is 418 g/mol. The molecule has 0 bridgehead atoms. The van der Waals surface area contributed by atoms with Crippen LogP contribution >= 0.6 is 0 Å². The van der Waals surface area contributed by atoms with E-state index in [0.717, 1.165) is 22.6 Å². The molecule has 160 valence electrons. The van der Waals surface area contributed by atoms with Crippen LogP contribution in [-0.4, -0.2) is 38.7 Å². The number of rotatable bonds is 7. The fourth-order valence-electron chi connectivity index (χ4n) is 3.86. The number of para-hydroxylation sites is 1. The van der Waals surface area contributed by atoms with Gasteiger partial charge in [-0.3, -0.25) is 4.79 Å². The fraction of sp³-hybridized carbons (Fsp3) is 0.240. The summed E-state index contributed by atoms with van der Waals surface area (Å²) >= 11 is 0. The number of nitrogens with zero attached hydrogens (tertiary/aromatic N) is 1. The van der Waals surface area contributed by atoms with Gasteiger partial charge in [0.05, 0.1) is 26.9 Å². The van der Waals surface area contributed by atoms with Gasteiger partial charge in [0.25, 0.3) is 5.91 Å². The van der Waals surface area contributed by atoms with E-state index in [4.69, 9.17) is 14.2 Å². The number of fused-ring (bicyclic) bond motifs is 1. The molecule has 1 aliphatic rings. The predicted molar refractivity (Wildman–Crippen MR) is 120 cm³/mol. The SMILES string of the molecule is COc1ccc(CCN2C(=O)c3ccccc3N[C@H]2c2ccc(OC)cc2OC)cc1. The van der Waals surface area contributed by atoms with E-state index in [1.807, 2.05) is 71.6 Å². The third-order valence-corrected chi connectivity index (χ3v) is 5.56. The number of methoxy groups -OCH3 is 3. The van der Waals surface area contributed by atoms with Gasteiger partial charge in [0.2, 0.25) is 0 Å². The minimum atomic E-state index is -0.360. The molecule has 0 fully saturated rings. The van der Waals surface area contributed by atoms with Crippen molar-refractivity contribution in [3.8, 4) is 17.2 Å². The zero-order chi connectivity index (χ0) is 21.8. The maximum absolute atomic E-state index is 13.4. The zero-order valence-corrected chi connectivity index (χ0v) is 17.9. The van der Waals surface area contributed by atoms with Gasteiger partial charge >= 0.3 is 0 Å². The van der Waals surface area contributed by atoms with Crippen LogP contribution in [0.3, 0.4) is 0 Å². The Balaban J connectivity index is 1.68. The number of anilines is 1. The van der Waals surface area contributed by atoms with Gasteiger partial charge < -0.3 is 24.4 Å². The molecule has 4 rings (SSSR count). The molecule has 1 atom stereocenters. The van der Waals surface area contributed by atoms with Crippen molar-refractivity contribution < 1.29 is 19.0 Å². The first-order chi connectivity index (χ1) is 15.1. The van der Waals surface area contributed by atoms with Crippen molar-refractivity contribution in [2.24, 2.45) is 0 Å². The number of amides is 1. The molecule has 1 amide bonds. The lowest BCUT2D eigenvalue weighted by Crippen LogP contribution is -2.44. The van der Waals surface area contributed by atoms with Crippen LogP contribution in [0.2, 0.25) is 0 Å². The molecular weight excluding hydrogens is 392 g/mol. The van der Waals surface area contributed by atoms with Crippen LogP contribution < -0.4 is 19.5 Å². The Morgan fingerprint density at radius 3 is 2.29 bits per heavy atom. The number of hydrogen-bond acceptors (Lipinski definition) is 5. The van der Waals surface area contributed by atoms with E-state index < -0.39 is 0 Å². The summed E-state index contributed by atoms with van der Waals surface area (Å²) < 4.78 is 16.2. The molecule has 0 saturated heterocycles. The lowest BCUT2D eigenvalue weighted by atomic mass is 10.0. The molecule has 1 N–H and O–H groups in total. The van der Waals surface area contributed by atoms with Crippen LogP contribution in [0.5, 0.6) is 17.2 Å². The van der Waals surface area contributed by atoms with E-state index in [2.05, 4.69) is 5.32 Å². The van der Waals surface area contributed by atoms with Crippen LogP contribution in [0.15, 0.2) is 66.7 Å². The molecule has 0 spiro atoms. The van der Waals surface area contributed by atoms with Gasteiger partial charge in [-0.05, 0) is 48.4 Å². The quantitative estimate of drug-likeness (QED) is 0.611. The molecular formula is C25H26N2O4. The molecule has 0 aliphatic carbocycles. The first kappa shape index (κ1) is 20.6. The minimum Gasteiger partial charge on any atom is -0.497 e. The highest BCUT2D eigenvalue weighted by Crippen LogP contribution is 2.38. The van der Waals surface area contributed by atoms with Gasteiger partial charge in [-0.2, -0.15) is 0 Å². The van der Waals surface area contributed by atoms with Crippen molar-refractivity contribution in [3.63, 3.8) is 0 Å². The van der Waals surface area contributed by atoms with Crippen molar-refractivity contribution in [3.05, 3.63) is 83.4 Å². The average Bonchev–Trinajstić information content (AvgIpc) is 2.83. The smallest absolute Gasteiger partial charge is 0.257 e. The van der Waals surface area contributed by atoms with E-state index >= 15 is 0 Å². The van der Waals surface area contributed by atoms with E-state index in [1.165, 1.54) is 0 Å². The maximum atomic E-state index is 13.4. The topological polar surface area (TPSA) is 60.0 Å². The summed E-state index contributed by atoms with van der Waals surface area (Å²) in [6.45, 7) is 0.548. The van der Waals surface area contributed by atoms with Crippen molar-refractivity contribution in [1.82, 2.24) is 4.90 Å². The van der Waals surface area contributed by atoms with Gasteiger partial charge in [0.15, 0.2) is 0 Å². The summed E-state index contributed by atoms with van der Waals surface area (Å²) in [6, 6.07) is 21.2. The molecule has 31 heavy (non-hydrogen) atoms. The number of ether oxygens (including phenoxy) is 3. The van der Waals surface area contributed by atoms with Gasteiger partial charge in [-0.15, -0.1) is 0 Å². The van der Waals surface area contributed by atoms with Crippen LogP contribution in [0.25, 0.3) is 0 Å². The molecule has 0 unspecified atom stereocenters. The van der Waals surface area contributed by atoms with Gasteiger partial charge in [-0.1, -0.05) is 24.3 Å². The third kappa shape index (κ3) is 4.14. The number of benzene rings is 3. The Bertz CT molecular complexity index is 1070. The largest absolute Gasteiger partial charge is 0.497 e. The zero-order valence-electron chi connectivity index (χ0n) is 17.9. The highest BCUT2D eigenvalue weighted by Gasteiger charge is 2.34. The standard InChI is InChI=1S/C25H26N2O4/c1-29-18-10-8-17(9-11-18)14-15-27-24(21-13-12-19(30-2)16-23(21)31-3)26-22-7-5-4-6-20(22)25(27)28/h4-13,16,24,26H,14-15H2,1-3H3/t24-/m1/s1. The number of carbonyl (C=O) groups is 1. The monoisotopic (exact) mass is 418 g/mol. The van der Waals surface area contributed by atoms with Crippen LogP contribution in [0.1, 0.15) is 27.7 Å².